The molecule has 0 saturated carbocycles. The third-order valence-electron chi connectivity index (χ3n) is 23.7. The molecule has 57 nitrogen and oxygen atoms in total. The zero-order valence-electron chi connectivity index (χ0n) is 68.5. The molecule has 742 valence electrons. The summed E-state index contributed by atoms with van der Waals surface area (Å²) in [6.07, 6.45) is -111. The summed E-state index contributed by atoms with van der Waals surface area (Å²) in [5.74, 6) is -2.97. The molecule has 0 radical (unpaired) electrons. The Kier molecular flexibility index (Phi) is 37.3. The molecule has 54 atom stereocenters. The minimum Gasteiger partial charge on any atom is -0.394 e. The van der Waals surface area contributed by atoms with Crippen LogP contribution in [0, 0.1) is 0 Å². The van der Waals surface area contributed by atoms with Crippen LogP contribution < -0.4 is 16.0 Å². The van der Waals surface area contributed by atoms with Gasteiger partial charge in [-0.05, 0) is 6.92 Å². The lowest BCUT2D eigenvalue weighted by Crippen LogP contribution is -2.72. The van der Waals surface area contributed by atoms with Crippen LogP contribution >= 0.6 is 0 Å². The molecule has 33 N–H and O–H groups in total. The molecule has 11 aliphatic rings. The third-order valence-corrected chi connectivity index (χ3v) is 23.7. The largest absolute Gasteiger partial charge is 0.394 e. The predicted molar refractivity (Wildman–Crippen MR) is 390 cm³/mol. The summed E-state index contributed by atoms with van der Waals surface area (Å²) in [6, 6.07) is -6.00. The van der Waals surface area contributed by atoms with E-state index in [9.17, 15) is 168 Å². The number of amides is 3. The van der Waals surface area contributed by atoms with E-state index in [1.807, 2.05) is 0 Å². The van der Waals surface area contributed by atoms with Gasteiger partial charge in [-0.15, -0.1) is 0 Å². The van der Waals surface area contributed by atoms with Gasteiger partial charge in [0.1, 0.15) is 256 Å². The van der Waals surface area contributed by atoms with Gasteiger partial charge >= 0.3 is 0 Å². The Morgan fingerprint density at radius 1 is 0.250 bits per heavy atom. The number of aliphatic hydroxyl groups is 30. The molecular weight excluding hydrogens is 1760 g/mol. The standard InChI is InChI=1S/C71H119N3O54/c1-15-32(86)42(96)49(103)67(111-15)124-56-30(73-17(3)83)61(107)112-26(11-81)54(56)122-62-29(72-16(2)82)41(95)53(25(10-80)118-62)121-71-60(128-65-47(101)33(87)19(85)12-108-65)58(126-70-59(46(100)37(91)23(8-78)117-70)127-63-31(74-18(4)84)55(38(92)24(9-79)113-63)123-68-50(104)44(98)35(89)21(6-76)115-68)40(94)28(120-71)14-110-66-52(106)57(125-69-51(105)45(99)36(90)22(7-77)116-69)39(93)27(119-66)13-109-64-48(102)43(97)34(88)20(5-75)114-64/h15,19-71,75-81,85-107H,5-14H2,1-4H3,(H,72,82)(H,73,83)(H,74,84)/t15-,19+,20+,21+,22+,23+,24+,25+,26+,27+,28+,29+,30+,31+,32+,33-,34+,35-,36+,37+,38+,39+,40+,41+,42+,43-,44-,45-,46-,47+,48-,49-,50+,51-,52-,53+,54+,55+,56+,57-,58-,59-,60-,61?,62-,63-,64-,65-,66-,67-,68-,69+,70+,71-/m0/s1. The number of ether oxygens (including phenoxy) is 21. The number of carbonyl (C=O) groups is 3. The molecule has 11 rings (SSSR count). The van der Waals surface area contributed by atoms with E-state index >= 15 is 0 Å². The first-order valence-electron chi connectivity index (χ1n) is 40.9. The highest BCUT2D eigenvalue weighted by Crippen LogP contribution is 2.42. The van der Waals surface area contributed by atoms with Crippen molar-refractivity contribution in [1.82, 2.24) is 16.0 Å². The van der Waals surface area contributed by atoms with Crippen molar-refractivity contribution < 1.29 is 267 Å². The molecule has 11 aliphatic heterocycles. The van der Waals surface area contributed by atoms with E-state index < -0.39 is 415 Å². The molecule has 3 amide bonds. The van der Waals surface area contributed by atoms with Crippen LogP contribution in [-0.2, 0) is 114 Å². The van der Waals surface area contributed by atoms with Crippen molar-refractivity contribution in [2.45, 2.75) is 359 Å². The molecule has 1 unspecified atom stereocenters. The van der Waals surface area contributed by atoms with E-state index in [1.54, 1.807) is 0 Å². The molecule has 128 heavy (non-hydrogen) atoms. The first-order valence-corrected chi connectivity index (χ1v) is 40.9. The normalized spacial score (nSPS) is 51.0. The molecule has 11 heterocycles. The van der Waals surface area contributed by atoms with Gasteiger partial charge in [0.05, 0.1) is 72.2 Å². The summed E-state index contributed by atoms with van der Waals surface area (Å²) < 4.78 is 126. The van der Waals surface area contributed by atoms with E-state index in [4.69, 9.17) is 99.5 Å². The second kappa shape index (κ2) is 45.6. The van der Waals surface area contributed by atoms with Gasteiger partial charge in [0.2, 0.25) is 17.7 Å². The van der Waals surface area contributed by atoms with Gasteiger partial charge in [-0.25, -0.2) is 0 Å². The highest BCUT2D eigenvalue weighted by molar-refractivity contribution is 5.74. The second-order valence-corrected chi connectivity index (χ2v) is 32.6. The van der Waals surface area contributed by atoms with Gasteiger partial charge in [0, 0.05) is 20.8 Å². The van der Waals surface area contributed by atoms with Crippen LogP contribution in [-0.4, -0.2) is 568 Å². The van der Waals surface area contributed by atoms with Gasteiger partial charge in [-0.1, -0.05) is 0 Å². The molecule has 11 saturated heterocycles. The molecule has 0 spiro atoms. The minimum atomic E-state index is -2.66. The Morgan fingerprint density at radius 2 is 0.578 bits per heavy atom. The number of aliphatic hydroxyl groups excluding tert-OH is 30. The number of hydrogen-bond donors (Lipinski definition) is 33. The van der Waals surface area contributed by atoms with E-state index in [0.29, 0.717) is 0 Å². The Hall–Kier alpha value is -3.63. The van der Waals surface area contributed by atoms with Crippen molar-refractivity contribution in [3.8, 4) is 0 Å². The lowest BCUT2D eigenvalue weighted by molar-refractivity contribution is -0.412. The van der Waals surface area contributed by atoms with E-state index in [2.05, 4.69) is 16.0 Å². The minimum absolute atomic E-state index is 0.887. The maximum atomic E-state index is 13.5. The fourth-order valence-corrected chi connectivity index (χ4v) is 16.5. The van der Waals surface area contributed by atoms with E-state index in [-0.39, 0.29) is 0 Å². The maximum absolute atomic E-state index is 13.5. The summed E-state index contributed by atoms with van der Waals surface area (Å²) in [7, 11) is 0. The SMILES string of the molecule is CC(=O)N[C@H]1[C@H](O[C@H]2[C@H](O[C@@H]3O[C@@H](C)[C@@H](O)[C@@H](O)[C@@H]3O)[C@@H](NC(C)=O)C(O)O[C@@H]2CO)O[C@H](CO)[C@@H](O[C@@H]2O[C@H](CO[C@H]3O[C@H](CO[C@H]4O[C@H](CO)[C@@H](O)[C@H](O)[C@@H]4O)[C@@H](O)[C@H](O[C@H]4O[C@H](CO)[C@@H](O)[C@H](O)[C@@H]4O)[C@@H]3O)[C@@H](O)[C@H](O[C@H]3O[C@H](CO)[C@@H](O)[C@H](O)[C@@H]3O[C@@H]3O[C@H](CO)[C@@H](O)[C@H](O[C@@H]4O[C@H](CO)[C@H](O)[C@H](O)[C@H]4O)[C@H]3NC(C)=O)[C@@H]2O[C@@H]2OC[C@@H](O)[C@H](O)[C@H]2O)[C@@H]1O. The number of rotatable bonds is 32. The van der Waals surface area contributed by atoms with Crippen molar-refractivity contribution in [2.24, 2.45) is 0 Å². The quantitative estimate of drug-likeness (QED) is 0.0297. The van der Waals surface area contributed by atoms with E-state index in [1.165, 1.54) is 6.92 Å². The fourth-order valence-electron chi connectivity index (χ4n) is 16.5. The Morgan fingerprint density at radius 3 is 1.10 bits per heavy atom. The van der Waals surface area contributed by atoms with Crippen LogP contribution in [0.25, 0.3) is 0 Å². The van der Waals surface area contributed by atoms with Crippen LogP contribution in [0.1, 0.15) is 27.7 Å². The topological polar surface area (TPSA) is 888 Å². The molecule has 57 heteroatoms. The van der Waals surface area contributed by atoms with Gasteiger partial charge in [-0.2, -0.15) is 0 Å². The maximum Gasteiger partial charge on any atom is 0.217 e. The zero-order valence-corrected chi connectivity index (χ0v) is 68.5. The Labute approximate surface area is 724 Å². The fraction of sp³-hybridized carbons (Fsp3) is 0.958. The number of carbonyl (C=O) groups excluding carboxylic acids is 3. The lowest BCUT2D eigenvalue weighted by Gasteiger charge is -2.52. The molecule has 0 aromatic carbocycles. The summed E-state index contributed by atoms with van der Waals surface area (Å²) in [5.41, 5.74) is 0. The number of hydrogen-bond acceptors (Lipinski definition) is 54. The summed E-state index contributed by atoms with van der Waals surface area (Å²) in [4.78, 5) is 39.7. The zero-order chi connectivity index (χ0) is 94.0. The van der Waals surface area contributed by atoms with Crippen LogP contribution in [0.3, 0.4) is 0 Å². The molecule has 11 fully saturated rings. The molecule has 0 aromatic rings. The monoisotopic (exact) mass is 1880 g/mol. The van der Waals surface area contributed by atoms with Crippen LogP contribution in [0.4, 0.5) is 0 Å². The molecule has 0 aliphatic carbocycles. The molecule has 0 aromatic heterocycles. The van der Waals surface area contributed by atoms with Crippen molar-refractivity contribution in [3.05, 3.63) is 0 Å². The summed E-state index contributed by atoms with van der Waals surface area (Å²) >= 11 is 0. The Balaban J connectivity index is 1.01. The average Bonchev–Trinajstić information content (AvgIpc) is 0.768. The smallest absolute Gasteiger partial charge is 0.217 e. The molecular formula is C71H119N3O54. The van der Waals surface area contributed by atoms with Gasteiger partial charge in [0.25, 0.3) is 0 Å². The van der Waals surface area contributed by atoms with Crippen molar-refractivity contribution in [1.29, 1.82) is 0 Å². The van der Waals surface area contributed by atoms with Crippen LogP contribution in [0.15, 0.2) is 0 Å². The average molecular weight is 1880 g/mol. The summed E-state index contributed by atoms with van der Waals surface area (Å²) in [5, 5.41) is 343. The Bertz CT molecular complexity index is 3440. The van der Waals surface area contributed by atoms with Crippen molar-refractivity contribution in [3.63, 3.8) is 0 Å². The van der Waals surface area contributed by atoms with Crippen molar-refractivity contribution >= 4 is 17.7 Å². The highest BCUT2D eigenvalue weighted by atomic mass is 16.8. The second-order valence-electron chi connectivity index (χ2n) is 32.6. The van der Waals surface area contributed by atoms with E-state index in [0.717, 1.165) is 20.8 Å². The first-order chi connectivity index (χ1) is 60.6. The molecule has 0 bridgehead atoms. The van der Waals surface area contributed by atoms with Crippen molar-refractivity contribution in [2.75, 3.05) is 66.1 Å². The van der Waals surface area contributed by atoms with Crippen LogP contribution in [0.5, 0.6) is 0 Å². The van der Waals surface area contributed by atoms with Gasteiger partial charge in [-0.3, -0.25) is 14.4 Å². The van der Waals surface area contributed by atoms with Crippen LogP contribution in [0.2, 0.25) is 0 Å². The van der Waals surface area contributed by atoms with Gasteiger partial charge < -0.3 is 269 Å². The predicted octanol–water partition coefficient (Wildman–Crippen LogP) is -22.9. The summed E-state index contributed by atoms with van der Waals surface area (Å²) in [6.45, 7) is -7.41. The van der Waals surface area contributed by atoms with Gasteiger partial charge in [0.15, 0.2) is 69.2 Å². The third kappa shape index (κ3) is 22.8. The number of nitrogens with one attached hydrogen (secondary N) is 3. The lowest BCUT2D eigenvalue weighted by atomic mass is 9.93. The highest BCUT2D eigenvalue weighted by Gasteiger charge is 2.63. The first kappa shape index (κ1) is 105.